The van der Waals surface area contributed by atoms with Gasteiger partial charge in [0.05, 0.1) is 7.11 Å². The van der Waals surface area contributed by atoms with Crippen LogP contribution in [0, 0.1) is 25.2 Å². The van der Waals surface area contributed by atoms with Crippen LogP contribution >= 0.6 is 0 Å². The Morgan fingerprint density at radius 2 is 1.79 bits per heavy atom. The fourth-order valence-corrected chi connectivity index (χ4v) is 2.67. The molecule has 0 aliphatic carbocycles. The number of amides is 1. The standard InChI is InChI=1S/C22H22N2O4/c1-15-9-18(10-16(2)21(15)28-14-20(25)27-3)11-19(12-23)22(26)24-13-17-7-5-4-6-8-17/h4-11H,13-14H2,1-3H3,(H,24,26)/b19-11-. The first-order valence-corrected chi connectivity index (χ1v) is 8.69. The van der Waals surface area contributed by atoms with Crippen molar-refractivity contribution in [3.63, 3.8) is 0 Å². The highest BCUT2D eigenvalue weighted by atomic mass is 16.6. The number of aryl methyl sites for hydroxylation is 2. The molecule has 0 aliphatic heterocycles. The third-order valence-corrected chi connectivity index (χ3v) is 4.02. The highest BCUT2D eigenvalue weighted by Crippen LogP contribution is 2.26. The average Bonchev–Trinajstić information content (AvgIpc) is 2.70. The van der Waals surface area contributed by atoms with Crippen LogP contribution in [0.4, 0.5) is 0 Å². The van der Waals surface area contributed by atoms with Crippen LogP contribution in [0.15, 0.2) is 48.0 Å². The molecule has 0 atom stereocenters. The van der Waals surface area contributed by atoms with E-state index in [1.807, 2.05) is 50.2 Å². The number of carbonyl (C=O) groups is 2. The lowest BCUT2D eigenvalue weighted by molar-refractivity contribution is -0.142. The van der Waals surface area contributed by atoms with Gasteiger partial charge in [0.25, 0.3) is 5.91 Å². The van der Waals surface area contributed by atoms with E-state index in [0.29, 0.717) is 17.9 Å². The summed E-state index contributed by atoms with van der Waals surface area (Å²) in [6.45, 7) is 3.83. The maximum atomic E-state index is 12.3. The third-order valence-electron chi connectivity index (χ3n) is 4.02. The molecule has 1 N–H and O–H groups in total. The quantitative estimate of drug-likeness (QED) is 0.454. The van der Waals surface area contributed by atoms with E-state index in [0.717, 1.165) is 16.7 Å². The number of methoxy groups -OCH3 is 1. The van der Waals surface area contributed by atoms with Crippen molar-refractivity contribution < 1.29 is 19.1 Å². The summed E-state index contributed by atoms with van der Waals surface area (Å²) < 4.78 is 10.1. The van der Waals surface area contributed by atoms with E-state index in [9.17, 15) is 14.9 Å². The Morgan fingerprint density at radius 1 is 1.14 bits per heavy atom. The molecule has 2 aromatic carbocycles. The summed E-state index contributed by atoms with van der Waals surface area (Å²) in [4.78, 5) is 23.6. The van der Waals surface area contributed by atoms with Gasteiger partial charge in [0.15, 0.2) is 6.61 Å². The van der Waals surface area contributed by atoms with Gasteiger partial charge in [0.2, 0.25) is 0 Å². The molecule has 0 radical (unpaired) electrons. The molecule has 0 bridgehead atoms. The molecule has 0 unspecified atom stereocenters. The molecule has 0 aromatic heterocycles. The van der Waals surface area contributed by atoms with Crippen LogP contribution < -0.4 is 10.1 Å². The van der Waals surface area contributed by atoms with Gasteiger partial charge in [0.1, 0.15) is 17.4 Å². The van der Waals surface area contributed by atoms with Crippen molar-refractivity contribution in [3.05, 3.63) is 70.3 Å². The van der Waals surface area contributed by atoms with Crippen molar-refractivity contribution in [2.45, 2.75) is 20.4 Å². The summed E-state index contributed by atoms with van der Waals surface area (Å²) in [6.07, 6.45) is 1.53. The monoisotopic (exact) mass is 378 g/mol. The van der Waals surface area contributed by atoms with E-state index in [4.69, 9.17) is 4.74 Å². The van der Waals surface area contributed by atoms with Gasteiger partial charge < -0.3 is 14.8 Å². The predicted octanol–water partition coefficient (Wildman–Crippen LogP) is 3.08. The van der Waals surface area contributed by atoms with Crippen LogP contribution in [-0.2, 0) is 20.9 Å². The Balaban J connectivity index is 2.13. The van der Waals surface area contributed by atoms with Gasteiger partial charge in [0, 0.05) is 6.54 Å². The van der Waals surface area contributed by atoms with E-state index in [1.165, 1.54) is 13.2 Å². The molecule has 1 amide bonds. The second-order valence-corrected chi connectivity index (χ2v) is 6.19. The Morgan fingerprint density at radius 3 is 2.36 bits per heavy atom. The van der Waals surface area contributed by atoms with Crippen molar-refractivity contribution >= 4 is 18.0 Å². The first kappa shape index (κ1) is 20.7. The van der Waals surface area contributed by atoms with Crippen LogP contribution in [0.25, 0.3) is 6.08 Å². The molecule has 28 heavy (non-hydrogen) atoms. The third kappa shape index (κ3) is 5.71. The second kappa shape index (κ2) is 9.93. The predicted molar refractivity (Wildman–Crippen MR) is 105 cm³/mol. The summed E-state index contributed by atoms with van der Waals surface area (Å²) in [7, 11) is 1.30. The van der Waals surface area contributed by atoms with Crippen LogP contribution in [0.2, 0.25) is 0 Å². The molecule has 0 aliphatic rings. The molecule has 0 fully saturated rings. The highest BCUT2D eigenvalue weighted by Gasteiger charge is 2.12. The normalized spacial score (nSPS) is 10.7. The van der Waals surface area contributed by atoms with E-state index in [-0.39, 0.29) is 12.2 Å². The fourth-order valence-electron chi connectivity index (χ4n) is 2.67. The summed E-state index contributed by atoms with van der Waals surface area (Å²) in [5, 5.41) is 12.1. The van der Waals surface area contributed by atoms with Gasteiger partial charge in [-0.15, -0.1) is 0 Å². The van der Waals surface area contributed by atoms with Crippen molar-refractivity contribution in [2.24, 2.45) is 0 Å². The van der Waals surface area contributed by atoms with Crippen LogP contribution in [0.1, 0.15) is 22.3 Å². The first-order valence-electron chi connectivity index (χ1n) is 8.69. The topological polar surface area (TPSA) is 88.4 Å². The Bertz CT molecular complexity index is 904. The Hall–Kier alpha value is -3.59. The van der Waals surface area contributed by atoms with Gasteiger partial charge in [-0.1, -0.05) is 30.3 Å². The average molecular weight is 378 g/mol. The highest BCUT2D eigenvalue weighted by molar-refractivity contribution is 6.01. The number of esters is 1. The Kier molecular flexibility index (Phi) is 7.35. The molecular weight excluding hydrogens is 356 g/mol. The van der Waals surface area contributed by atoms with E-state index < -0.39 is 11.9 Å². The maximum absolute atomic E-state index is 12.3. The lowest BCUT2D eigenvalue weighted by Crippen LogP contribution is -2.23. The van der Waals surface area contributed by atoms with E-state index in [2.05, 4.69) is 10.1 Å². The molecule has 2 aromatic rings. The van der Waals surface area contributed by atoms with E-state index >= 15 is 0 Å². The number of rotatable bonds is 7. The van der Waals surface area contributed by atoms with Crippen LogP contribution in [-0.4, -0.2) is 25.6 Å². The van der Waals surface area contributed by atoms with Crippen LogP contribution in [0.3, 0.4) is 0 Å². The van der Waals surface area contributed by atoms with Crippen molar-refractivity contribution in [2.75, 3.05) is 13.7 Å². The zero-order valence-corrected chi connectivity index (χ0v) is 16.1. The second-order valence-electron chi connectivity index (χ2n) is 6.19. The maximum Gasteiger partial charge on any atom is 0.343 e. The SMILES string of the molecule is COC(=O)COc1c(C)cc(/C=C(/C#N)C(=O)NCc2ccccc2)cc1C. The smallest absolute Gasteiger partial charge is 0.343 e. The summed E-state index contributed by atoms with van der Waals surface area (Å²) in [5.41, 5.74) is 3.24. The largest absolute Gasteiger partial charge is 0.481 e. The molecule has 0 spiro atoms. The number of hydrogen-bond donors (Lipinski definition) is 1. The summed E-state index contributed by atoms with van der Waals surface area (Å²) in [6, 6.07) is 15.0. The number of nitrogens with one attached hydrogen (secondary N) is 1. The molecule has 0 heterocycles. The number of ether oxygens (including phenoxy) is 2. The minimum atomic E-state index is -0.468. The lowest BCUT2D eigenvalue weighted by atomic mass is 10.0. The molecule has 6 heteroatoms. The van der Waals surface area contributed by atoms with E-state index in [1.54, 1.807) is 12.1 Å². The number of nitriles is 1. The van der Waals surface area contributed by atoms with Crippen molar-refractivity contribution in [3.8, 4) is 11.8 Å². The van der Waals surface area contributed by atoms with Crippen molar-refractivity contribution in [1.29, 1.82) is 5.26 Å². The lowest BCUT2D eigenvalue weighted by Gasteiger charge is -2.12. The minimum absolute atomic E-state index is 0.0120. The number of hydrogen-bond acceptors (Lipinski definition) is 5. The van der Waals surface area contributed by atoms with Gasteiger partial charge in [-0.3, -0.25) is 4.79 Å². The molecule has 0 saturated heterocycles. The van der Waals surface area contributed by atoms with Gasteiger partial charge in [-0.05, 0) is 54.3 Å². The van der Waals surface area contributed by atoms with Crippen LogP contribution in [0.5, 0.6) is 5.75 Å². The molecular formula is C22H22N2O4. The van der Waals surface area contributed by atoms with Gasteiger partial charge in [-0.2, -0.15) is 5.26 Å². The summed E-state index contributed by atoms with van der Waals surface area (Å²) >= 11 is 0. The first-order chi connectivity index (χ1) is 13.4. The van der Waals surface area contributed by atoms with Gasteiger partial charge in [-0.25, -0.2) is 4.79 Å². The number of nitrogens with zero attached hydrogens (tertiary/aromatic N) is 1. The minimum Gasteiger partial charge on any atom is -0.481 e. The number of benzene rings is 2. The Labute approximate surface area is 164 Å². The fraction of sp³-hybridized carbons (Fsp3) is 0.227. The molecule has 0 saturated carbocycles. The number of carbonyl (C=O) groups excluding carboxylic acids is 2. The van der Waals surface area contributed by atoms with Gasteiger partial charge >= 0.3 is 5.97 Å². The zero-order chi connectivity index (χ0) is 20.5. The summed E-state index contributed by atoms with van der Waals surface area (Å²) in [5.74, 6) is -0.327. The molecule has 2 rings (SSSR count). The zero-order valence-electron chi connectivity index (χ0n) is 16.1. The molecule has 6 nitrogen and oxygen atoms in total. The van der Waals surface area contributed by atoms with Crippen molar-refractivity contribution in [1.82, 2.24) is 5.32 Å². The molecule has 144 valence electrons.